The van der Waals surface area contributed by atoms with Crippen LogP contribution in [0.1, 0.15) is 12.0 Å². The number of hydrogen-bond acceptors (Lipinski definition) is 5. The number of aliphatic imine (C=N–C) groups is 1. The lowest BCUT2D eigenvalue weighted by Gasteiger charge is -2.28. The molecular weight excluding hydrogens is 322 g/mol. The molecule has 4 rings (SSSR count). The third-order valence-electron chi connectivity index (χ3n) is 3.87. The summed E-state index contributed by atoms with van der Waals surface area (Å²) in [6.07, 6.45) is 5.64. The van der Waals surface area contributed by atoms with Gasteiger partial charge in [0.25, 0.3) is 0 Å². The molecule has 24 heavy (non-hydrogen) atoms. The molecule has 0 unspecified atom stereocenters. The number of aliphatic carboxylic acids is 1. The fourth-order valence-corrected chi connectivity index (χ4v) is 3.39. The molecule has 118 valence electrons. The molecule has 1 N–H and O–H groups in total. The van der Waals surface area contributed by atoms with Crippen LogP contribution in [-0.4, -0.2) is 28.0 Å². The SMILES string of the molecule is O=C(O)C1=NN2C(=CC1)N=CC=C2c1ccccc1-c1ccsc1. The first-order chi connectivity index (χ1) is 11.7. The minimum absolute atomic E-state index is 0.106. The fraction of sp³-hybridized carbons (Fsp3) is 0.0556. The van der Waals surface area contributed by atoms with Crippen LogP contribution in [-0.2, 0) is 4.79 Å². The number of carbonyl (C=O) groups is 1. The van der Waals surface area contributed by atoms with Gasteiger partial charge in [-0.2, -0.15) is 16.4 Å². The van der Waals surface area contributed by atoms with Crippen LogP contribution < -0.4 is 0 Å². The van der Waals surface area contributed by atoms with E-state index in [1.807, 2.05) is 29.7 Å². The van der Waals surface area contributed by atoms with Crippen LogP contribution in [0.2, 0.25) is 0 Å². The zero-order chi connectivity index (χ0) is 16.5. The molecule has 2 aliphatic heterocycles. The van der Waals surface area contributed by atoms with Crippen molar-refractivity contribution in [1.29, 1.82) is 0 Å². The first kappa shape index (κ1) is 14.6. The van der Waals surface area contributed by atoms with E-state index in [1.54, 1.807) is 28.6 Å². The van der Waals surface area contributed by atoms with Gasteiger partial charge in [0.1, 0.15) is 11.5 Å². The molecule has 5 nitrogen and oxygen atoms in total. The van der Waals surface area contributed by atoms with Gasteiger partial charge in [-0.15, -0.1) is 0 Å². The van der Waals surface area contributed by atoms with Crippen molar-refractivity contribution in [3.8, 4) is 11.1 Å². The number of carboxylic acids is 1. The highest BCUT2D eigenvalue weighted by molar-refractivity contribution is 7.08. The lowest BCUT2D eigenvalue weighted by molar-refractivity contribution is -0.129. The molecule has 0 radical (unpaired) electrons. The lowest BCUT2D eigenvalue weighted by Crippen LogP contribution is -2.26. The van der Waals surface area contributed by atoms with E-state index in [9.17, 15) is 9.90 Å². The largest absolute Gasteiger partial charge is 0.477 e. The summed E-state index contributed by atoms with van der Waals surface area (Å²) in [4.78, 5) is 15.6. The number of carboxylic acid groups (broad SMARTS) is 1. The second-order valence-electron chi connectivity index (χ2n) is 5.32. The summed E-state index contributed by atoms with van der Waals surface area (Å²) in [7, 11) is 0. The van der Waals surface area contributed by atoms with Gasteiger partial charge in [0.05, 0.1) is 5.70 Å². The molecule has 0 atom stereocenters. The molecule has 6 heteroatoms. The van der Waals surface area contributed by atoms with Crippen LogP contribution in [0, 0.1) is 0 Å². The Morgan fingerprint density at radius 3 is 2.79 bits per heavy atom. The van der Waals surface area contributed by atoms with Crippen LogP contribution in [0.4, 0.5) is 0 Å². The number of rotatable bonds is 3. The monoisotopic (exact) mass is 335 g/mol. The van der Waals surface area contributed by atoms with Gasteiger partial charge < -0.3 is 5.11 Å². The molecule has 2 aliphatic rings. The molecule has 0 bridgehead atoms. The average Bonchev–Trinajstić information content (AvgIpc) is 3.15. The van der Waals surface area contributed by atoms with Crippen molar-refractivity contribution >= 4 is 34.9 Å². The predicted molar refractivity (Wildman–Crippen MR) is 95.8 cm³/mol. The van der Waals surface area contributed by atoms with Crippen LogP contribution in [0.5, 0.6) is 0 Å². The van der Waals surface area contributed by atoms with E-state index in [4.69, 9.17) is 0 Å². The number of benzene rings is 1. The standard InChI is InChI=1S/C18H13N3O2S/c22-18(23)15-5-6-17-19-9-7-16(21(17)20-15)14-4-2-1-3-13(14)12-8-10-24-11-12/h1-4,6-11H,5H2,(H,22,23). The molecule has 1 aromatic heterocycles. The van der Waals surface area contributed by atoms with E-state index in [1.165, 1.54) is 0 Å². The van der Waals surface area contributed by atoms with E-state index in [2.05, 4.69) is 27.6 Å². The smallest absolute Gasteiger partial charge is 0.352 e. The second kappa shape index (κ2) is 5.90. The van der Waals surface area contributed by atoms with Gasteiger partial charge in [0, 0.05) is 18.2 Å². The second-order valence-corrected chi connectivity index (χ2v) is 6.10. The van der Waals surface area contributed by atoms with Crippen LogP contribution in [0.3, 0.4) is 0 Å². The summed E-state index contributed by atoms with van der Waals surface area (Å²) in [6, 6.07) is 10.1. The molecular formula is C18H13N3O2S. The Hall–Kier alpha value is -2.99. The summed E-state index contributed by atoms with van der Waals surface area (Å²) in [5.74, 6) is -0.358. The number of allylic oxidation sites excluding steroid dienone is 2. The summed E-state index contributed by atoms with van der Waals surface area (Å²) in [5.41, 5.74) is 4.12. The predicted octanol–water partition coefficient (Wildman–Crippen LogP) is 3.83. The summed E-state index contributed by atoms with van der Waals surface area (Å²) in [6.45, 7) is 0. The van der Waals surface area contributed by atoms with Crippen molar-refractivity contribution in [1.82, 2.24) is 5.01 Å². The highest BCUT2D eigenvalue weighted by atomic mass is 32.1. The number of hydrazone groups is 1. The van der Waals surface area contributed by atoms with Crippen molar-refractivity contribution in [3.05, 3.63) is 64.6 Å². The molecule has 1 aromatic carbocycles. The van der Waals surface area contributed by atoms with Crippen molar-refractivity contribution in [2.75, 3.05) is 0 Å². The number of thiophene rings is 1. The van der Waals surface area contributed by atoms with Crippen LogP contribution in [0.25, 0.3) is 16.8 Å². The molecule has 0 amide bonds. The highest BCUT2D eigenvalue weighted by Gasteiger charge is 2.25. The average molecular weight is 335 g/mol. The Bertz CT molecular complexity index is 924. The Labute approximate surface area is 142 Å². The molecule has 0 saturated heterocycles. The van der Waals surface area contributed by atoms with Gasteiger partial charge in [-0.3, -0.25) is 0 Å². The van der Waals surface area contributed by atoms with Gasteiger partial charge in [0.2, 0.25) is 0 Å². The van der Waals surface area contributed by atoms with Crippen molar-refractivity contribution in [2.45, 2.75) is 6.42 Å². The Kier molecular flexibility index (Phi) is 3.59. The Morgan fingerprint density at radius 2 is 2.04 bits per heavy atom. The zero-order valence-corrected chi connectivity index (χ0v) is 13.4. The van der Waals surface area contributed by atoms with Gasteiger partial charge in [-0.25, -0.2) is 14.8 Å². The number of hydrogen-bond donors (Lipinski definition) is 1. The van der Waals surface area contributed by atoms with E-state index in [-0.39, 0.29) is 12.1 Å². The molecule has 0 aliphatic carbocycles. The highest BCUT2D eigenvalue weighted by Crippen LogP contribution is 2.36. The minimum atomic E-state index is -1.01. The maximum atomic E-state index is 11.3. The van der Waals surface area contributed by atoms with E-state index < -0.39 is 5.97 Å². The maximum absolute atomic E-state index is 11.3. The van der Waals surface area contributed by atoms with E-state index >= 15 is 0 Å². The summed E-state index contributed by atoms with van der Waals surface area (Å²) >= 11 is 1.64. The topological polar surface area (TPSA) is 65.3 Å². The fourth-order valence-electron chi connectivity index (χ4n) is 2.74. The normalized spacial score (nSPS) is 16.2. The number of fused-ring (bicyclic) bond motifs is 1. The zero-order valence-electron chi connectivity index (χ0n) is 12.6. The Morgan fingerprint density at radius 1 is 1.21 bits per heavy atom. The van der Waals surface area contributed by atoms with Gasteiger partial charge in [-0.05, 0) is 40.1 Å². The van der Waals surface area contributed by atoms with Crippen molar-refractivity contribution in [2.24, 2.45) is 10.1 Å². The van der Waals surface area contributed by atoms with E-state index in [0.717, 1.165) is 22.4 Å². The molecule has 3 heterocycles. The van der Waals surface area contributed by atoms with Gasteiger partial charge >= 0.3 is 5.97 Å². The van der Waals surface area contributed by atoms with Gasteiger partial charge in [-0.1, -0.05) is 24.3 Å². The summed E-state index contributed by atoms with van der Waals surface area (Å²) < 4.78 is 0. The first-order valence-corrected chi connectivity index (χ1v) is 8.36. The van der Waals surface area contributed by atoms with Crippen LogP contribution >= 0.6 is 11.3 Å². The molecule has 0 spiro atoms. The third kappa shape index (κ3) is 2.47. The van der Waals surface area contributed by atoms with E-state index in [0.29, 0.717) is 5.82 Å². The van der Waals surface area contributed by atoms with Crippen LogP contribution in [0.15, 0.2) is 69.2 Å². The molecule has 2 aromatic rings. The Balaban J connectivity index is 1.84. The minimum Gasteiger partial charge on any atom is -0.477 e. The quantitative estimate of drug-likeness (QED) is 0.927. The lowest BCUT2D eigenvalue weighted by atomic mass is 9.98. The van der Waals surface area contributed by atoms with Crippen molar-refractivity contribution in [3.63, 3.8) is 0 Å². The number of nitrogens with zero attached hydrogens (tertiary/aromatic N) is 3. The van der Waals surface area contributed by atoms with Gasteiger partial charge in [0.15, 0.2) is 0 Å². The molecule has 0 saturated carbocycles. The molecule has 0 fully saturated rings. The third-order valence-corrected chi connectivity index (χ3v) is 4.55. The maximum Gasteiger partial charge on any atom is 0.352 e. The summed E-state index contributed by atoms with van der Waals surface area (Å²) in [5, 5.41) is 19.3. The van der Waals surface area contributed by atoms with Crippen molar-refractivity contribution < 1.29 is 9.90 Å². The first-order valence-electron chi connectivity index (χ1n) is 7.41.